The molecule has 1 aliphatic rings. The zero-order valence-electron chi connectivity index (χ0n) is 19.2. The molecule has 3 aromatic carbocycles. The largest absolute Gasteiger partial charge is 0.494 e. The van der Waals surface area contributed by atoms with Crippen LogP contribution in [0.2, 0.25) is 0 Å². The van der Waals surface area contributed by atoms with E-state index >= 15 is 0 Å². The lowest BCUT2D eigenvalue weighted by Crippen LogP contribution is -2.52. The summed E-state index contributed by atoms with van der Waals surface area (Å²) in [5.74, 6) is 0.437. The van der Waals surface area contributed by atoms with Crippen LogP contribution < -0.4 is 15.6 Å². The summed E-state index contributed by atoms with van der Waals surface area (Å²) in [5, 5.41) is 8.89. The molecule has 182 valence electrons. The molecular formula is C27H28FN3O4. The number of ether oxygens (including phenoxy) is 2. The number of nitrogens with one attached hydrogen (secondary N) is 2. The van der Waals surface area contributed by atoms with E-state index in [0.717, 1.165) is 16.7 Å². The third-order valence-electron chi connectivity index (χ3n) is 5.61. The van der Waals surface area contributed by atoms with Gasteiger partial charge in [0, 0.05) is 31.6 Å². The SMILES string of the molecule is O=C(NNCc1ccc(F)cc1)[C@]1(Cc2ccccc2)COC(c2ccc(OCCCO)cc2)=N1. The van der Waals surface area contributed by atoms with Crippen LogP contribution in [0, 0.1) is 5.82 Å². The van der Waals surface area contributed by atoms with E-state index in [4.69, 9.17) is 19.6 Å². The molecule has 0 bridgehead atoms. The number of rotatable bonds is 11. The number of nitrogens with zero attached hydrogens (tertiary/aromatic N) is 1. The Morgan fingerprint density at radius 3 is 2.49 bits per heavy atom. The van der Waals surface area contributed by atoms with Gasteiger partial charge in [-0.05, 0) is 47.5 Å². The van der Waals surface area contributed by atoms with Gasteiger partial charge in [-0.3, -0.25) is 10.2 Å². The monoisotopic (exact) mass is 477 g/mol. The second kappa shape index (κ2) is 11.6. The van der Waals surface area contributed by atoms with E-state index < -0.39 is 5.54 Å². The molecule has 0 spiro atoms. The fourth-order valence-electron chi connectivity index (χ4n) is 3.71. The van der Waals surface area contributed by atoms with E-state index in [1.165, 1.54) is 12.1 Å². The third kappa shape index (κ3) is 6.44. The molecule has 1 heterocycles. The number of carbonyl (C=O) groups excluding carboxylic acids is 1. The Kier molecular flexibility index (Phi) is 8.07. The zero-order valence-corrected chi connectivity index (χ0v) is 19.2. The smallest absolute Gasteiger partial charge is 0.266 e. The number of hydrazine groups is 1. The van der Waals surface area contributed by atoms with Crippen LogP contribution in [-0.2, 0) is 22.5 Å². The highest BCUT2D eigenvalue weighted by molar-refractivity contribution is 6.00. The Morgan fingerprint density at radius 1 is 1.03 bits per heavy atom. The molecule has 0 saturated heterocycles. The predicted molar refractivity (Wildman–Crippen MR) is 130 cm³/mol. The van der Waals surface area contributed by atoms with Crippen LogP contribution in [-0.4, -0.2) is 42.3 Å². The maximum atomic E-state index is 13.3. The lowest BCUT2D eigenvalue weighted by atomic mass is 9.91. The van der Waals surface area contributed by atoms with E-state index in [0.29, 0.717) is 37.6 Å². The number of halogens is 1. The molecule has 0 saturated carbocycles. The third-order valence-corrected chi connectivity index (χ3v) is 5.61. The van der Waals surface area contributed by atoms with Crippen molar-refractivity contribution in [2.24, 2.45) is 4.99 Å². The molecule has 0 radical (unpaired) electrons. The summed E-state index contributed by atoms with van der Waals surface area (Å²) in [6.45, 7) is 0.935. The molecule has 4 rings (SSSR count). The lowest BCUT2D eigenvalue weighted by molar-refractivity contribution is -0.127. The van der Waals surface area contributed by atoms with E-state index in [1.54, 1.807) is 24.3 Å². The highest BCUT2D eigenvalue weighted by Crippen LogP contribution is 2.27. The highest BCUT2D eigenvalue weighted by Gasteiger charge is 2.44. The van der Waals surface area contributed by atoms with Gasteiger partial charge in [-0.2, -0.15) is 0 Å². The Morgan fingerprint density at radius 2 is 1.77 bits per heavy atom. The van der Waals surface area contributed by atoms with Gasteiger partial charge in [-0.1, -0.05) is 42.5 Å². The van der Waals surface area contributed by atoms with E-state index in [2.05, 4.69) is 10.9 Å². The van der Waals surface area contributed by atoms with Gasteiger partial charge in [-0.25, -0.2) is 14.8 Å². The van der Waals surface area contributed by atoms with Gasteiger partial charge in [0.05, 0.1) is 6.61 Å². The summed E-state index contributed by atoms with van der Waals surface area (Å²) in [6, 6.07) is 23.0. The Labute approximate surface area is 203 Å². The van der Waals surface area contributed by atoms with Crippen LogP contribution in [0.1, 0.15) is 23.1 Å². The molecule has 0 aromatic heterocycles. The van der Waals surface area contributed by atoms with Crippen LogP contribution in [0.4, 0.5) is 4.39 Å². The average molecular weight is 478 g/mol. The fraction of sp³-hybridized carbons (Fsp3) is 0.259. The average Bonchev–Trinajstić information content (AvgIpc) is 3.31. The number of amides is 1. The normalized spacial score (nSPS) is 16.9. The van der Waals surface area contributed by atoms with Crippen LogP contribution in [0.3, 0.4) is 0 Å². The Balaban J connectivity index is 1.49. The van der Waals surface area contributed by atoms with Crippen LogP contribution in [0.5, 0.6) is 5.75 Å². The number of carbonyl (C=O) groups is 1. The minimum atomic E-state index is -1.15. The van der Waals surface area contributed by atoms with Gasteiger partial charge >= 0.3 is 0 Å². The second-order valence-corrected chi connectivity index (χ2v) is 8.28. The molecule has 0 aliphatic carbocycles. The number of hydrogen-bond acceptors (Lipinski definition) is 6. The zero-order chi connectivity index (χ0) is 24.5. The number of benzene rings is 3. The van der Waals surface area contributed by atoms with E-state index in [-0.39, 0.29) is 24.9 Å². The molecule has 1 amide bonds. The molecule has 3 aromatic rings. The highest BCUT2D eigenvalue weighted by atomic mass is 19.1. The molecule has 35 heavy (non-hydrogen) atoms. The molecule has 1 atom stereocenters. The number of hydrogen-bond donors (Lipinski definition) is 3. The molecule has 8 heteroatoms. The van der Waals surface area contributed by atoms with Gasteiger partial charge in [0.1, 0.15) is 18.2 Å². The number of aliphatic imine (C=N–C) groups is 1. The van der Waals surface area contributed by atoms with Gasteiger partial charge < -0.3 is 14.6 Å². The summed E-state index contributed by atoms with van der Waals surface area (Å²) in [7, 11) is 0. The fourth-order valence-corrected chi connectivity index (χ4v) is 3.71. The van der Waals surface area contributed by atoms with Gasteiger partial charge in [0.2, 0.25) is 5.90 Å². The molecule has 7 nitrogen and oxygen atoms in total. The van der Waals surface area contributed by atoms with Crippen LogP contribution >= 0.6 is 0 Å². The van der Waals surface area contributed by atoms with Crippen LogP contribution in [0.25, 0.3) is 0 Å². The quantitative estimate of drug-likeness (QED) is 0.292. The van der Waals surface area contributed by atoms with E-state index in [1.807, 2.05) is 42.5 Å². The predicted octanol–water partition coefficient (Wildman–Crippen LogP) is 3.17. The van der Waals surface area contributed by atoms with Crippen molar-refractivity contribution in [3.05, 3.63) is 101 Å². The first-order valence-electron chi connectivity index (χ1n) is 11.5. The molecule has 0 fully saturated rings. The Hall–Kier alpha value is -3.75. The van der Waals surface area contributed by atoms with Crippen LogP contribution in [0.15, 0.2) is 83.9 Å². The van der Waals surface area contributed by atoms with Crippen molar-refractivity contribution >= 4 is 11.8 Å². The summed E-state index contributed by atoms with van der Waals surface area (Å²) in [6.07, 6.45) is 0.924. The van der Waals surface area contributed by atoms with Crippen molar-refractivity contribution < 1.29 is 23.8 Å². The van der Waals surface area contributed by atoms with Crippen molar-refractivity contribution in [3.8, 4) is 5.75 Å². The van der Waals surface area contributed by atoms with Gasteiger partial charge in [0.15, 0.2) is 5.54 Å². The minimum absolute atomic E-state index is 0.0764. The topological polar surface area (TPSA) is 92.2 Å². The van der Waals surface area contributed by atoms with Crippen molar-refractivity contribution in [2.45, 2.75) is 24.9 Å². The molecule has 0 unspecified atom stereocenters. The first-order valence-corrected chi connectivity index (χ1v) is 11.5. The standard InChI is InChI=1S/C27H28FN3O4/c28-23-11-7-21(8-12-23)18-29-31-26(33)27(17-20-5-2-1-3-6-20)19-35-25(30-27)22-9-13-24(14-10-22)34-16-4-15-32/h1-3,5-14,29,32H,4,15-19H2,(H,31,33)/t27-/m0/s1. The summed E-state index contributed by atoms with van der Waals surface area (Å²) < 4.78 is 24.6. The Bertz CT molecular complexity index is 1140. The first-order chi connectivity index (χ1) is 17.1. The van der Waals surface area contributed by atoms with Gasteiger partial charge in [-0.15, -0.1) is 0 Å². The van der Waals surface area contributed by atoms with Crippen molar-refractivity contribution in [3.63, 3.8) is 0 Å². The van der Waals surface area contributed by atoms with E-state index in [9.17, 15) is 9.18 Å². The van der Waals surface area contributed by atoms with Crippen molar-refractivity contribution in [1.82, 2.24) is 10.9 Å². The van der Waals surface area contributed by atoms with Crippen molar-refractivity contribution in [2.75, 3.05) is 19.8 Å². The number of aliphatic hydroxyl groups is 1. The summed E-state index contributed by atoms with van der Waals surface area (Å²) in [4.78, 5) is 18.1. The molecule has 1 aliphatic heterocycles. The van der Waals surface area contributed by atoms with Crippen molar-refractivity contribution in [1.29, 1.82) is 0 Å². The second-order valence-electron chi connectivity index (χ2n) is 8.28. The summed E-state index contributed by atoms with van der Waals surface area (Å²) in [5.41, 5.74) is 7.04. The summed E-state index contributed by atoms with van der Waals surface area (Å²) >= 11 is 0. The minimum Gasteiger partial charge on any atom is -0.494 e. The first kappa shape index (κ1) is 24.4. The number of aliphatic hydroxyl groups excluding tert-OH is 1. The maximum Gasteiger partial charge on any atom is 0.266 e. The van der Waals surface area contributed by atoms with Gasteiger partial charge in [0.25, 0.3) is 5.91 Å². The molecular weight excluding hydrogens is 449 g/mol. The molecule has 3 N–H and O–H groups in total. The lowest BCUT2D eigenvalue weighted by Gasteiger charge is -2.23. The maximum absolute atomic E-state index is 13.3.